The molecule has 0 radical (unpaired) electrons. The average Bonchev–Trinajstić information content (AvgIpc) is 2.47. The highest BCUT2D eigenvalue weighted by molar-refractivity contribution is 5.82. The highest BCUT2D eigenvalue weighted by atomic mass is 16.8. The molecule has 2 saturated heterocycles. The molecule has 0 bridgehead atoms. The number of esters is 1. The highest BCUT2D eigenvalue weighted by Gasteiger charge is 2.55. The van der Waals surface area contributed by atoms with Crippen LogP contribution in [-0.4, -0.2) is 36.4 Å². The number of aldehydes is 1. The Hall–Kier alpha value is -0.940. The number of carbonyl (C=O) groups is 2. The summed E-state index contributed by atoms with van der Waals surface area (Å²) in [4.78, 5) is 21.6. The van der Waals surface area contributed by atoms with E-state index in [4.69, 9.17) is 14.2 Å². The number of carbonyl (C=O) groups excluding carboxylic acids is 2. The van der Waals surface area contributed by atoms with Crippen LogP contribution in [0.1, 0.15) is 13.8 Å². The third-order valence-corrected chi connectivity index (χ3v) is 2.07. The Labute approximate surface area is 74.9 Å². The standard InChI is InChI=1S/C8H10O5/c1-8(2)12-5-4(3-9)11-7(10)6(5)13-8/h3-6H,1-2H3. The summed E-state index contributed by atoms with van der Waals surface area (Å²) in [6, 6.07) is 0. The topological polar surface area (TPSA) is 61.8 Å². The lowest BCUT2D eigenvalue weighted by Crippen LogP contribution is -2.30. The van der Waals surface area contributed by atoms with E-state index in [1.165, 1.54) is 0 Å². The minimum atomic E-state index is -0.820. The van der Waals surface area contributed by atoms with Crippen molar-refractivity contribution in [2.45, 2.75) is 37.9 Å². The van der Waals surface area contributed by atoms with Crippen molar-refractivity contribution in [3.05, 3.63) is 0 Å². The monoisotopic (exact) mass is 186 g/mol. The van der Waals surface area contributed by atoms with E-state index >= 15 is 0 Å². The van der Waals surface area contributed by atoms with Gasteiger partial charge in [-0.3, -0.25) is 4.79 Å². The van der Waals surface area contributed by atoms with Crippen molar-refractivity contribution in [3.8, 4) is 0 Å². The van der Waals surface area contributed by atoms with Crippen LogP contribution >= 0.6 is 0 Å². The van der Waals surface area contributed by atoms with Gasteiger partial charge in [-0.2, -0.15) is 0 Å². The maximum Gasteiger partial charge on any atom is 0.339 e. The van der Waals surface area contributed by atoms with Crippen molar-refractivity contribution in [3.63, 3.8) is 0 Å². The lowest BCUT2D eigenvalue weighted by molar-refractivity contribution is -0.186. The van der Waals surface area contributed by atoms with E-state index < -0.39 is 30.1 Å². The largest absolute Gasteiger partial charge is 0.450 e. The Kier molecular flexibility index (Phi) is 1.68. The number of hydrogen-bond acceptors (Lipinski definition) is 5. The van der Waals surface area contributed by atoms with Gasteiger partial charge in [-0.25, -0.2) is 4.79 Å². The van der Waals surface area contributed by atoms with Crippen LogP contribution in [0.25, 0.3) is 0 Å². The lowest BCUT2D eigenvalue weighted by Gasteiger charge is -2.19. The van der Waals surface area contributed by atoms with Gasteiger partial charge in [0.2, 0.25) is 0 Å². The van der Waals surface area contributed by atoms with Gasteiger partial charge >= 0.3 is 5.97 Å². The normalized spacial score (nSPS) is 41.4. The first-order valence-corrected chi connectivity index (χ1v) is 4.05. The Balaban J connectivity index is 2.22. The number of ether oxygens (including phenoxy) is 3. The van der Waals surface area contributed by atoms with Crippen molar-refractivity contribution in [2.75, 3.05) is 0 Å². The molecule has 5 heteroatoms. The molecule has 0 aromatic heterocycles. The number of cyclic esters (lactones) is 1. The smallest absolute Gasteiger partial charge is 0.339 e. The summed E-state index contributed by atoms with van der Waals surface area (Å²) in [7, 11) is 0. The van der Waals surface area contributed by atoms with Gasteiger partial charge in [-0.15, -0.1) is 0 Å². The molecule has 0 amide bonds. The second-order valence-electron chi connectivity index (χ2n) is 3.56. The van der Waals surface area contributed by atoms with Crippen molar-refractivity contribution >= 4 is 12.3 Å². The summed E-state index contributed by atoms with van der Waals surface area (Å²) in [5.41, 5.74) is 0. The molecule has 2 rings (SSSR count). The fraction of sp³-hybridized carbons (Fsp3) is 0.750. The van der Waals surface area contributed by atoms with Crippen molar-refractivity contribution < 1.29 is 23.8 Å². The predicted octanol–water partition coefficient (Wildman–Crippen LogP) is -0.369. The predicted molar refractivity (Wildman–Crippen MR) is 39.8 cm³/mol. The Morgan fingerprint density at radius 2 is 2.08 bits per heavy atom. The summed E-state index contributed by atoms with van der Waals surface area (Å²) in [6.45, 7) is 3.39. The van der Waals surface area contributed by atoms with Gasteiger partial charge in [-0.05, 0) is 13.8 Å². The zero-order chi connectivity index (χ0) is 9.64. The molecule has 2 fully saturated rings. The molecule has 0 N–H and O–H groups in total. The number of hydrogen-bond donors (Lipinski definition) is 0. The van der Waals surface area contributed by atoms with Gasteiger partial charge in [-0.1, -0.05) is 0 Å². The second kappa shape index (κ2) is 2.52. The fourth-order valence-corrected chi connectivity index (χ4v) is 1.59. The van der Waals surface area contributed by atoms with Gasteiger partial charge in [0.1, 0.15) is 6.10 Å². The van der Waals surface area contributed by atoms with Gasteiger partial charge in [0.05, 0.1) is 0 Å². The quantitative estimate of drug-likeness (QED) is 0.413. The van der Waals surface area contributed by atoms with Crippen LogP contribution in [-0.2, 0) is 23.8 Å². The summed E-state index contributed by atoms with van der Waals surface area (Å²) in [5, 5.41) is 0. The van der Waals surface area contributed by atoms with E-state index in [0.29, 0.717) is 6.29 Å². The van der Waals surface area contributed by atoms with Gasteiger partial charge in [0.25, 0.3) is 0 Å². The molecule has 2 aliphatic heterocycles. The number of fused-ring (bicyclic) bond motifs is 1. The van der Waals surface area contributed by atoms with E-state index in [1.807, 2.05) is 0 Å². The van der Waals surface area contributed by atoms with Crippen LogP contribution in [0.3, 0.4) is 0 Å². The molecule has 0 aromatic carbocycles. The van der Waals surface area contributed by atoms with Crippen LogP contribution in [0.15, 0.2) is 0 Å². The zero-order valence-electron chi connectivity index (χ0n) is 7.35. The molecule has 0 aliphatic carbocycles. The maximum absolute atomic E-state index is 11.1. The first-order valence-electron chi connectivity index (χ1n) is 4.05. The molecule has 0 saturated carbocycles. The molecule has 2 aliphatic rings. The third-order valence-electron chi connectivity index (χ3n) is 2.07. The molecular formula is C8H10O5. The Morgan fingerprint density at radius 3 is 2.69 bits per heavy atom. The number of rotatable bonds is 1. The molecular weight excluding hydrogens is 176 g/mol. The van der Waals surface area contributed by atoms with Gasteiger partial charge < -0.3 is 14.2 Å². The molecule has 0 spiro atoms. The maximum atomic E-state index is 11.1. The lowest BCUT2D eigenvalue weighted by atomic mass is 10.2. The molecule has 13 heavy (non-hydrogen) atoms. The molecule has 0 aromatic rings. The van der Waals surface area contributed by atoms with Gasteiger partial charge in [0.15, 0.2) is 24.3 Å². The Bertz CT molecular complexity index is 259. The fourth-order valence-electron chi connectivity index (χ4n) is 1.59. The molecule has 2 heterocycles. The summed E-state index contributed by atoms with van der Waals surface area (Å²) in [5.74, 6) is -1.33. The first kappa shape index (κ1) is 8.65. The van der Waals surface area contributed by atoms with E-state index in [-0.39, 0.29) is 0 Å². The van der Waals surface area contributed by atoms with Gasteiger partial charge in [0, 0.05) is 0 Å². The van der Waals surface area contributed by atoms with Crippen LogP contribution in [0.2, 0.25) is 0 Å². The second-order valence-corrected chi connectivity index (χ2v) is 3.56. The molecule has 5 nitrogen and oxygen atoms in total. The molecule has 72 valence electrons. The highest BCUT2D eigenvalue weighted by Crippen LogP contribution is 2.35. The SMILES string of the molecule is CC1(C)OC2C(=O)OC(C=O)C2O1. The van der Waals surface area contributed by atoms with Crippen LogP contribution < -0.4 is 0 Å². The van der Waals surface area contributed by atoms with E-state index in [9.17, 15) is 9.59 Å². The van der Waals surface area contributed by atoms with Crippen molar-refractivity contribution in [1.82, 2.24) is 0 Å². The van der Waals surface area contributed by atoms with E-state index in [0.717, 1.165) is 0 Å². The first-order chi connectivity index (χ1) is 6.03. The Morgan fingerprint density at radius 1 is 1.38 bits per heavy atom. The molecule has 3 atom stereocenters. The van der Waals surface area contributed by atoms with Crippen LogP contribution in [0, 0.1) is 0 Å². The van der Waals surface area contributed by atoms with E-state index in [1.54, 1.807) is 13.8 Å². The van der Waals surface area contributed by atoms with Crippen molar-refractivity contribution in [1.29, 1.82) is 0 Å². The third kappa shape index (κ3) is 1.24. The van der Waals surface area contributed by atoms with E-state index in [2.05, 4.69) is 0 Å². The summed E-state index contributed by atoms with van der Waals surface area (Å²) in [6.07, 6.45) is -1.59. The van der Waals surface area contributed by atoms with Crippen molar-refractivity contribution in [2.24, 2.45) is 0 Å². The summed E-state index contributed by atoms with van der Waals surface area (Å²) < 4.78 is 15.3. The minimum absolute atomic E-state index is 0.521. The molecule has 3 unspecified atom stereocenters. The zero-order valence-corrected chi connectivity index (χ0v) is 7.35. The summed E-state index contributed by atoms with van der Waals surface area (Å²) >= 11 is 0. The minimum Gasteiger partial charge on any atom is -0.450 e. The van der Waals surface area contributed by atoms with Crippen LogP contribution in [0.4, 0.5) is 0 Å². The van der Waals surface area contributed by atoms with Crippen LogP contribution in [0.5, 0.6) is 0 Å². The average molecular weight is 186 g/mol.